The van der Waals surface area contributed by atoms with Crippen LogP contribution in [0.25, 0.3) is 11.0 Å². The number of rotatable bonds is 2. The first-order valence-corrected chi connectivity index (χ1v) is 7.03. The molecular weight excluding hydrogens is 272 g/mol. The van der Waals surface area contributed by atoms with E-state index in [2.05, 4.69) is 6.92 Å². The van der Waals surface area contributed by atoms with E-state index < -0.39 is 16.2 Å². The Morgan fingerprint density at radius 2 is 2.14 bits per heavy atom. The summed E-state index contributed by atoms with van der Waals surface area (Å²) in [4.78, 5) is 24.6. The zero-order valence-corrected chi connectivity index (χ0v) is 11.7. The maximum atomic E-state index is 12.0. The molecule has 21 heavy (non-hydrogen) atoms. The smallest absolute Gasteiger partial charge is 0.417 e. The third-order valence-electron chi connectivity index (χ3n) is 3.92. The van der Waals surface area contributed by atoms with Gasteiger partial charge in [0.05, 0.1) is 4.92 Å². The lowest BCUT2D eigenvalue weighted by Crippen LogP contribution is -2.35. The second-order valence-electron chi connectivity index (χ2n) is 5.53. The molecule has 2 aromatic rings. The Bertz CT molecular complexity index is 753. The summed E-state index contributed by atoms with van der Waals surface area (Å²) in [5.74, 6) is 0.448. The minimum absolute atomic E-state index is 0.390. The maximum absolute atomic E-state index is 12.0. The summed E-state index contributed by atoms with van der Waals surface area (Å²) in [7, 11) is 0. The molecule has 2 heterocycles. The minimum atomic E-state index is -0.882. The standard InChI is InChI=1S/C15H16N2O4/c1-10-5-4-8-16(9-10)13-11-6-2-3-7-12(11)21-15(18)14(13)17(19)20/h2-3,6-7,10H,4-5,8-9H2,1H3/t10-/m0/s1. The van der Waals surface area contributed by atoms with E-state index in [1.807, 2.05) is 4.90 Å². The van der Waals surface area contributed by atoms with Crippen LogP contribution in [0.15, 0.2) is 33.5 Å². The molecule has 1 atom stereocenters. The van der Waals surface area contributed by atoms with Gasteiger partial charge in [0, 0.05) is 18.5 Å². The minimum Gasteiger partial charge on any atom is -0.418 e. The number of nitrogens with zero attached hydrogens (tertiary/aromatic N) is 2. The average molecular weight is 288 g/mol. The van der Waals surface area contributed by atoms with Crippen molar-refractivity contribution >= 4 is 22.3 Å². The summed E-state index contributed by atoms with van der Waals surface area (Å²) < 4.78 is 5.09. The molecule has 0 radical (unpaired) electrons. The van der Waals surface area contributed by atoms with Crippen molar-refractivity contribution in [3.63, 3.8) is 0 Å². The number of hydrogen-bond acceptors (Lipinski definition) is 5. The van der Waals surface area contributed by atoms with E-state index in [0.29, 0.717) is 29.1 Å². The van der Waals surface area contributed by atoms with Gasteiger partial charge in [-0.3, -0.25) is 10.1 Å². The predicted molar refractivity (Wildman–Crippen MR) is 79.7 cm³/mol. The molecule has 0 saturated carbocycles. The Hall–Kier alpha value is -2.37. The van der Waals surface area contributed by atoms with Crippen LogP contribution in [0.2, 0.25) is 0 Å². The van der Waals surface area contributed by atoms with Gasteiger partial charge >= 0.3 is 11.3 Å². The first kappa shape index (κ1) is 13.6. The molecule has 110 valence electrons. The summed E-state index contributed by atoms with van der Waals surface area (Å²) in [5, 5.41) is 12.0. The summed E-state index contributed by atoms with van der Waals surface area (Å²) >= 11 is 0. The van der Waals surface area contributed by atoms with E-state index in [-0.39, 0.29) is 0 Å². The lowest BCUT2D eigenvalue weighted by molar-refractivity contribution is -0.386. The summed E-state index contributed by atoms with van der Waals surface area (Å²) in [6.07, 6.45) is 2.07. The molecule has 1 fully saturated rings. The van der Waals surface area contributed by atoms with Crippen LogP contribution in [0.3, 0.4) is 0 Å². The predicted octanol–water partition coefficient (Wildman–Crippen LogP) is 2.94. The van der Waals surface area contributed by atoms with Crippen molar-refractivity contribution in [3.8, 4) is 0 Å². The number of anilines is 1. The number of piperidine rings is 1. The Balaban J connectivity index is 2.28. The van der Waals surface area contributed by atoms with Crippen LogP contribution in [0.1, 0.15) is 19.8 Å². The van der Waals surface area contributed by atoms with Crippen molar-refractivity contribution in [2.45, 2.75) is 19.8 Å². The van der Waals surface area contributed by atoms with Gasteiger partial charge in [-0.15, -0.1) is 0 Å². The molecule has 1 aromatic heterocycles. The molecule has 1 aliphatic rings. The Morgan fingerprint density at radius 1 is 1.38 bits per heavy atom. The Morgan fingerprint density at radius 3 is 2.86 bits per heavy atom. The molecular formula is C15H16N2O4. The number of nitro groups is 1. The fourth-order valence-corrected chi connectivity index (χ4v) is 3.00. The quantitative estimate of drug-likeness (QED) is 0.482. The average Bonchev–Trinajstić information content (AvgIpc) is 2.45. The second-order valence-corrected chi connectivity index (χ2v) is 5.53. The molecule has 0 amide bonds. The molecule has 0 N–H and O–H groups in total. The first-order valence-electron chi connectivity index (χ1n) is 7.03. The van der Waals surface area contributed by atoms with Gasteiger partial charge in [0.2, 0.25) is 0 Å². The van der Waals surface area contributed by atoms with Crippen molar-refractivity contribution < 1.29 is 9.34 Å². The lowest BCUT2D eigenvalue weighted by Gasteiger charge is -2.32. The topological polar surface area (TPSA) is 76.6 Å². The van der Waals surface area contributed by atoms with E-state index in [0.717, 1.165) is 19.4 Å². The van der Waals surface area contributed by atoms with Crippen LogP contribution in [0.4, 0.5) is 11.4 Å². The van der Waals surface area contributed by atoms with Gasteiger partial charge in [-0.25, -0.2) is 4.79 Å². The van der Waals surface area contributed by atoms with Crippen LogP contribution in [0, 0.1) is 16.0 Å². The monoisotopic (exact) mass is 288 g/mol. The lowest BCUT2D eigenvalue weighted by atomic mass is 9.99. The van der Waals surface area contributed by atoms with Gasteiger partial charge in [0.25, 0.3) is 0 Å². The van der Waals surface area contributed by atoms with Gasteiger partial charge in [-0.2, -0.15) is 0 Å². The van der Waals surface area contributed by atoms with E-state index in [4.69, 9.17) is 4.42 Å². The number of benzene rings is 1. The fourth-order valence-electron chi connectivity index (χ4n) is 3.00. The van der Waals surface area contributed by atoms with Crippen LogP contribution < -0.4 is 10.5 Å². The number of fused-ring (bicyclic) bond motifs is 1. The summed E-state index contributed by atoms with van der Waals surface area (Å²) in [6.45, 7) is 3.55. The van der Waals surface area contributed by atoms with Gasteiger partial charge in [0.15, 0.2) is 0 Å². The normalized spacial score (nSPS) is 18.9. The van der Waals surface area contributed by atoms with Crippen LogP contribution >= 0.6 is 0 Å². The van der Waals surface area contributed by atoms with Crippen molar-refractivity contribution in [1.29, 1.82) is 0 Å². The van der Waals surface area contributed by atoms with E-state index in [9.17, 15) is 14.9 Å². The fraction of sp³-hybridized carbons (Fsp3) is 0.400. The van der Waals surface area contributed by atoms with E-state index in [1.165, 1.54) is 0 Å². The maximum Gasteiger partial charge on any atom is 0.417 e. The highest BCUT2D eigenvalue weighted by Crippen LogP contribution is 2.35. The molecule has 0 aliphatic carbocycles. The third-order valence-corrected chi connectivity index (χ3v) is 3.92. The third kappa shape index (κ3) is 2.37. The van der Waals surface area contributed by atoms with Gasteiger partial charge in [-0.05, 0) is 30.9 Å². The van der Waals surface area contributed by atoms with Crippen molar-refractivity contribution in [3.05, 3.63) is 44.8 Å². The van der Waals surface area contributed by atoms with Gasteiger partial charge in [0.1, 0.15) is 11.3 Å². The zero-order valence-electron chi connectivity index (χ0n) is 11.7. The Kier molecular flexibility index (Phi) is 3.37. The summed E-state index contributed by atoms with van der Waals surface area (Å²) in [6, 6.07) is 6.97. The van der Waals surface area contributed by atoms with Crippen LogP contribution in [0.5, 0.6) is 0 Å². The molecule has 1 aliphatic heterocycles. The number of para-hydroxylation sites is 1. The number of hydrogen-bond donors (Lipinski definition) is 0. The van der Waals surface area contributed by atoms with E-state index >= 15 is 0 Å². The molecule has 0 unspecified atom stereocenters. The molecule has 6 heteroatoms. The van der Waals surface area contributed by atoms with Crippen molar-refractivity contribution in [2.75, 3.05) is 18.0 Å². The molecule has 1 saturated heterocycles. The van der Waals surface area contributed by atoms with Gasteiger partial charge in [-0.1, -0.05) is 19.1 Å². The molecule has 6 nitrogen and oxygen atoms in total. The van der Waals surface area contributed by atoms with Crippen LogP contribution in [-0.4, -0.2) is 18.0 Å². The van der Waals surface area contributed by atoms with Crippen molar-refractivity contribution in [2.24, 2.45) is 5.92 Å². The van der Waals surface area contributed by atoms with Gasteiger partial charge < -0.3 is 9.32 Å². The highest BCUT2D eigenvalue weighted by molar-refractivity contribution is 5.94. The summed E-state index contributed by atoms with van der Waals surface area (Å²) in [5.41, 5.74) is -0.547. The molecule has 3 rings (SSSR count). The van der Waals surface area contributed by atoms with Crippen LogP contribution in [-0.2, 0) is 0 Å². The highest BCUT2D eigenvalue weighted by Gasteiger charge is 2.30. The highest BCUT2D eigenvalue weighted by atomic mass is 16.6. The first-order chi connectivity index (χ1) is 10.1. The van der Waals surface area contributed by atoms with E-state index in [1.54, 1.807) is 24.3 Å². The Labute approximate surface area is 121 Å². The molecule has 0 spiro atoms. The largest absolute Gasteiger partial charge is 0.418 e. The SMILES string of the molecule is C[C@H]1CCCN(c2c([N+](=O)[O-])c(=O)oc3ccccc23)C1. The molecule has 0 bridgehead atoms. The zero-order chi connectivity index (χ0) is 15.0. The van der Waals surface area contributed by atoms with Crippen molar-refractivity contribution in [1.82, 2.24) is 0 Å². The second kappa shape index (κ2) is 5.20. The molecule has 1 aromatic carbocycles.